The molecule has 0 amide bonds. The van der Waals surface area contributed by atoms with Gasteiger partial charge in [-0.15, -0.1) is 0 Å². The van der Waals surface area contributed by atoms with E-state index in [9.17, 15) is 14.4 Å². The average molecular weight is 1030 g/mol. The minimum atomic E-state index is -0.846. The van der Waals surface area contributed by atoms with Gasteiger partial charge in [-0.05, 0) is 116 Å². The monoisotopic (exact) mass is 1030 g/mol. The fourth-order valence-electron chi connectivity index (χ4n) is 7.39. The van der Waals surface area contributed by atoms with E-state index in [1.165, 1.54) is 38.5 Å². The van der Waals surface area contributed by atoms with Gasteiger partial charge in [0.2, 0.25) is 0 Å². The van der Waals surface area contributed by atoms with Crippen LogP contribution in [0, 0.1) is 0 Å². The lowest BCUT2D eigenvalue weighted by atomic mass is 10.1. The molecule has 0 aromatic rings. The van der Waals surface area contributed by atoms with Crippen molar-refractivity contribution in [2.75, 3.05) is 13.2 Å². The standard InChI is InChI=1S/C69H106O6/c1-4-7-10-13-16-19-21-23-25-26-27-28-29-30-31-32-33-34-35-36-37-38-39-40-41-42-44-45-47-50-53-56-59-62-68(71)74-65-66(64-73-67(70)61-58-55-52-49-18-15-12-9-6-3)75-69(72)63-60-57-54-51-48-46-43-24-22-20-17-14-11-8-5-2/h7-8,10-11,16-17,19-20,23-25,27-28,30-31,33-34,36-37,39-40,42-44,48,51,57,60,66H,4-6,9,12-15,18,21-22,26,29,32,35,38,41,45-47,49-50,52-56,58-59,61-65H2,1-3H3/b10-7-,11-8-,19-16-,20-17-,25-23-,28-27-,31-30-,34-33-,37-36-,40-39-,43-24-,44-42-,51-48-,60-57-. The summed E-state index contributed by atoms with van der Waals surface area (Å²) in [5, 5.41) is 0. The van der Waals surface area contributed by atoms with Crippen molar-refractivity contribution in [1.82, 2.24) is 0 Å². The quantitative estimate of drug-likeness (QED) is 0.0261. The normalized spacial score (nSPS) is 13.4. The molecule has 0 bridgehead atoms. The molecule has 0 aliphatic carbocycles. The Kier molecular flexibility index (Phi) is 57.0. The molecule has 0 aliphatic rings. The maximum Gasteiger partial charge on any atom is 0.310 e. The topological polar surface area (TPSA) is 78.9 Å². The first-order valence-corrected chi connectivity index (χ1v) is 29.6. The summed E-state index contributed by atoms with van der Waals surface area (Å²) >= 11 is 0. The molecule has 0 aromatic carbocycles. The molecule has 1 atom stereocenters. The van der Waals surface area contributed by atoms with Crippen LogP contribution in [-0.2, 0) is 28.6 Å². The molecule has 1 unspecified atom stereocenters. The van der Waals surface area contributed by atoms with E-state index in [4.69, 9.17) is 14.2 Å². The first-order valence-electron chi connectivity index (χ1n) is 29.6. The van der Waals surface area contributed by atoms with Crippen LogP contribution in [0.25, 0.3) is 0 Å². The molecule has 0 saturated carbocycles. The third kappa shape index (κ3) is 59.5. The van der Waals surface area contributed by atoms with E-state index in [2.05, 4.69) is 179 Å². The fraction of sp³-hybridized carbons (Fsp3) is 0.551. The van der Waals surface area contributed by atoms with E-state index in [-0.39, 0.29) is 31.6 Å². The maximum atomic E-state index is 12.8. The van der Waals surface area contributed by atoms with Crippen molar-refractivity contribution in [2.45, 2.75) is 232 Å². The summed E-state index contributed by atoms with van der Waals surface area (Å²) in [6, 6.07) is 0. The molecule has 0 aliphatic heterocycles. The minimum absolute atomic E-state index is 0.0856. The van der Waals surface area contributed by atoms with Crippen molar-refractivity contribution in [3.05, 3.63) is 170 Å². The molecule has 0 fully saturated rings. The Morgan fingerprint density at radius 1 is 0.293 bits per heavy atom. The van der Waals surface area contributed by atoms with Gasteiger partial charge < -0.3 is 14.2 Å². The van der Waals surface area contributed by atoms with Gasteiger partial charge in [0.05, 0.1) is 6.42 Å². The van der Waals surface area contributed by atoms with Crippen LogP contribution in [0.15, 0.2) is 170 Å². The summed E-state index contributed by atoms with van der Waals surface area (Å²) in [7, 11) is 0. The van der Waals surface area contributed by atoms with Crippen LogP contribution in [0.3, 0.4) is 0 Å². The van der Waals surface area contributed by atoms with Gasteiger partial charge >= 0.3 is 17.9 Å². The number of hydrogen-bond donors (Lipinski definition) is 0. The summed E-state index contributed by atoms with van der Waals surface area (Å²) in [6.07, 6.45) is 91.0. The lowest BCUT2D eigenvalue weighted by molar-refractivity contribution is -0.166. The first kappa shape index (κ1) is 69.8. The van der Waals surface area contributed by atoms with Gasteiger partial charge in [-0.2, -0.15) is 0 Å². The lowest BCUT2D eigenvalue weighted by Crippen LogP contribution is -2.30. The SMILES string of the molecule is CC/C=C\C/C=C\C/C=C\C/C=C\C/C=C\C/C=C\C/C=C\C/C=C\C/C=C\CCCCCCCC(=O)OCC(COC(=O)CCCCCCCCCCC)OC(=O)C/C=C\C/C=C\C/C=C\C/C=C\C/C=C\CC. The zero-order chi connectivity index (χ0) is 54.3. The first-order chi connectivity index (χ1) is 37.0. The summed E-state index contributed by atoms with van der Waals surface area (Å²) in [5.74, 6) is -1.09. The van der Waals surface area contributed by atoms with Gasteiger partial charge in [-0.3, -0.25) is 14.4 Å². The van der Waals surface area contributed by atoms with E-state index < -0.39 is 12.1 Å². The van der Waals surface area contributed by atoms with Crippen molar-refractivity contribution >= 4 is 17.9 Å². The second-order valence-electron chi connectivity index (χ2n) is 18.8. The molecule has 0 saturated heterocycles. The van der Waals surface area contributed by atoms with Gasteiger partial charge in [0.15, 0.2) is 6.10 Å². The van der Waals surface area contributed by atoms with Crippen molar-refractivity contribution in [3.8, 4) is 0 Å². The highest BCUT2D eigenvalue weighted by atomic mass is 16.6. The number of rotatable bonds is 51. The molecule has 0 N–H and O–H groups in total. The summed E-state index contributed by atoms with van der Waals surface area (Å²) in [5.41, 5.74) is 0. The number of allylic oxidation sites excluding steroid dienone is 27. The second-order valence-corrected chi connectivity index (χ2v) is 18.8. The van der Waals surface area contributed by atoms with E-state index in [1.54, 1.807) is 6.08 Å². The summed E-state index contributed by atoms with van der Waals surface area (Å²) < 4.78 is 16.7. The van der Waals surface area contributed by atoms with Crippen LogP contribution in [0.1, 0.15) is 226 Å². The average Bonchev–Trinajstić information content (AvgIpc) is 3.41. The van der Waals surface area contributed by atoms with E-state index in [1.807, 2.05) is 6.08 Å². The number of esters is 3. The largest absolute Gasteiger partial charge is 0.462 e. The Morgan fingerprint density at radius 2 is 0.560 bits per heavy atom. The molecule has 0 radical (unpaired) electrons. The Labute approximate surface area is 460 Å². The van der Waals surface area contributed by atoms with Crippen LogP contribution in [-0.4, -0.2) is 37.2 Å². The minimum Gasteiger partial charge on any atom is -0.462 e. The Bertz CT molecular complexity index is 1750. The number of carbonyl (C=O) groups excluding carboxylic acids is 3. The maximum absolute atomic E-state index is 12.8. The highest BCUT2D eigenvalue weighted by Crippen LogP contribution is 2.13. The van der Waals surface area contributed by atoms with Crippen LogP contribution >= 0.6 is 0 Å². The van der Waals surface area contributed by atoms with Crippen molar-refractivity contribution in [3.63, 3.8) is 0 Å². The molecule has 0 rings (SSSR count). The molecular formula is C69H106O6. The van der Waals surface area contributed by atoms with Crippen LogP contribution in [0.4, 0.5) is 0 Å². The van der Waals surface area contributed by atoms with Gasteiger partial charge in [0, 0.05) is 12.8 Å². The smallest absolute Gasteiger partial charge is 0.310 e. The fourth-order valence-corrected chi connectivity index (χ4v) is 7.39. The van der Waals surface area contributed by atoms with E-state index in [0.29, 0.717) is 19.3 Å². The Balaban J connectivity index is 4.34. The molecule has 418 valence electrons. The molecular weight excluding hydrogens is 925 g/mol. The molecule has 6 nitrogen and oxygen atoms in total. The highest BCUT2D eigenvalue weighted by molar-refractivity contribution is 5.72. The van der Waals surface area contributed by atoms with Crippen LogP contribution in [0.5, 0.6) is 0 Å². The molecule has 0 spiro atoms. The second kappa shape index (κ2) is 61.3. The summed E-state index contributed by atoms with van der Waals surface area (Å²) in [4.78, 5) is 38.0. The third-order valence-electron chi connectivity index (χ3n) is 11.7. The molecule has 6 heteroatoms. The summed E-state index contributed by atoms with van der Waals surface area (Å²) in [6.45, 7) is 6.26. The van der Waals surface area contributed by atoms with Crippen LogP contribution < -0.4 is 0 Å². The van der Waals surface area contributed by atoms with Gasteiger partial charge in [-0.25, -0.2) is 0 Å². The third-order valence-corrected chi connectivity index (χ3v) is 11.7. The van der Waals surface area contributed by atoms with E-state index in [0.717, 1.165) is 141 Å². The predicted octanol–water partition coefficient (Wildman–Crippen LogP) is 20.3. The number of ether oxygens (including phenoxy) is 3. The molecule has 75 heavy (non-hydrogen) atoms. The zero-order valence-electron chi connectivity index (χ0n) is 47.7. The molecule has 0 heterocycles. The zero-order valence-corrected chi connectivity index (χ0v) is 47.7. The number of carbonyl (C=O) groups is 3. The number of hydrogen-bond acceptors (Lipinski definition) is 6. The van der Waals surface area contributed by atoms with Gasteiger partial charge in [-0.1, -0.05) is 262 Å². The Hall–Kier alpha value is -5.23. The lowest BCUT2D eigenvalue weighted by Gasteiger charge is -2.18. The van der Waals surface area contributed by atoms with Crippen molar-refractivity contribution in [1.29, 1.82) is 0 Å². The number of unbranched alkanes of at least 4 members (excludes halogenated alkanes) is 13. The van der Waals surface area contributed by atoms with Crippen molar-refractivity contribution in [2.24, 2.45) is 0 Å². The predicted molar refractivity (Wildman–Crippen MR) is 325 cm³/mol. The van der Waals surface area contributed by atoms with Crippen molar-refractivity contribution < 1.29 is 28.6 Å². The molecule has 0 aromatic heterocycles. The van der Waals surface area contributed by atoms with E-state index >= 15 is 0 Å². The van der Waals surface area contributed by atoms with Crippen LogP contribution in [0.2, 0.25) is 0 Å². The van der Waals surface area contributed by atoms with Gasteiger partial charge in [0.25, 0.3) is 0 Å². The van der Waals surface area contributed by atoms with Gasteiger partial charge in [0.1, 0.15) is 13.2 Å². The Morgan fingerprint density at radius 3 is 0.880 bits per heavy atom. The highest BCUT2D eigenvalue weighted by Gasteiger charge is 2.19.